The highest BCUT2D eigenvalue weighted by Crippen LogP contribution is 2.18. The van der Waals surface area contributed by atoms with Gasteiger partial charge in [0, 0.05) is 16.8 Å². The van der Waals surface area contributed by atoms with Crippen LogP contribution in [0.1, 0.15) is 39.0 Å². The fourth-order valence-electron chi connectivity index (χ4n) is 2.25. The zero-order chi connectivity index (χ0) is 18.5. The Morgan fingerprint density at radius 2 is 1.85 bits per heavy atom. The summed E-state index contributed by atoms with van der Waals surface area (Å²) < 4.78 is 14.0. The van der Waals surface area contributed by atoms with Gasteiger partial charge in [0.15, 0.2) is 5.78 Å². The standard InChI is InChI=1S/C19H17N3O3S/c1-12-18(22-26-21-12)11-25-17-5-3-4-15(10-17)19(24)20-16-8-6-14(7-9-16)13(2)23/h3-10H,11H2,1-2H3,(H,20,24). The Labute approximate surface area is 155 Å². The van der Waals surface area contributed by atoms with Gasteiger partial charge in [-0.1, -0.05) is 6.07 Å². The van der Waals surface area contributed by atoms with E-state index in [9.17, 15) is 9.59 Å². The third kappa shape index (κ3) is 4.31. The van der Waals surface area contributed by atoms with Gasteiger partial charge in [0.2, 0.25) is 0 Å². The molecule has 1 heterocycles. The van der Waals surface area contributed by atoms with Gasteiger partial charge in [-0.25, -0.2) is 0 Å². The van der Waals surface area contributed by atoms with Crippen LogP contribution in [0, 0.1) is 6.92 Å². The maximum absolute atomic E-state index is 12.4. The fraction of sp³-hybridized carbons (Fsp3) is 0.158. The second kappa shape index (κ2) is 7.88. The number of Topliss-reactive ketones (excluding diaryl/α,β-unsaturated/α-hetero) is 1. The number of hydrogen-bond donors (Lipinski definition) is 1. The van der Waals surface area contributed by atoms with E-state index in [-0.39, 0.29) is 11.7 Å². The molecule has 0 aliphatic rings. The van der Waals surface area contributed by atoms with E-state index in [4.69, 9.17) is 4.74 Å². The van der Waals surface area contributed by atoms with Crippen LogP contribution >= 0.6 is 11.7 Å². The Kier molecular flexibility index (Phi) is 5.38. The number of carbonyl (C=O) groups is 2. The van der Waals surface area contributed by atoms with Crippen LogP contribution in [0.5, 0.6) is 5.75 Å². The highest BCUT2D eigenvalue weighted by Gasteiger charge is 2.09. The van der Waals surface area contributed by atoms with E-state index in [0.29, 0.717) is 29.2 Å². The molecule has 0 saturated carbocycles. The van der Waals surface area contributed by atoms with Gasteiger partial charge >= 0.3 is 0 Å². The number of anilines is 1. The minimum atomic E-state index is -0.252. The second-order valence-electron chi connectivity index (χ2n) is 5.70. The van der Waals surface area contributed by atoms with Gasteiger partial charge in [-0.3, -0.25) is 9.59 Å². The van der Waals surface area contributed by atoms with Gasteiger partial charge in [0.1, 0.15) is 18.1 Å². The third-order valence-electron chi connectivity index (χ3n) is 3.77. The highest BCUT2D eigenvalue weighted by molar-refractivity contribution is 6.99. The summed E-state index contributed by atoms with van der Waals surface area (Å²) in [7, 11) is 0. The van der Waals surface area contributed by atoms with Gasteiger partial charge in [0.05, 0.1) is 17.4 Å². The Bertz CT molecular complexity index is 935. The number of carbonyl (C=O) groups excluding carboxylic acids is 2. The van der Waals surface area contributed by atoms with Crippen LogP contribution in [0.2, 0.25) is 0 Å². The Hall–Kier alpha value is -3.06. The molecule has 3 rings (SSSR count). The Balaban J connectivity index is 1.65. The molecule has 132 valence electrons. The Morgan fingerprint density at radius 1 is 1.08 bits per heavy atom. The van der Waals surface area contributed by atoms with Gasteiger partial charge in [-0.2, -0.15) is 8.75 Å². The van der Waals surface area contributed by atoms with E-state index < -0.39 is 0 Å². The summed E-state index contributed by atoms with van der Waals surface area (Å²) in [6.07, 6.45) is 0. The van der Waals surface area contributed by atoms with Crippen molar-refractivity contribution in [3.05, 3.63) is 71.0 Å². The Morgan fingerprint density at radius 3 is 2.50 bits per heavy atom. The van der Waals surface area contributed by atoms with Crippen molar-refractivity contribution in [1.29, 1.82) is 0 Å². The van der Waals surface area contributed by atoms with Gasteiger partial charge in [-0.05, 0) is 56.3 Å². The molecule has 0 radical (unpaired) electrons. The average Bonchev–Trinajstić information content (AvgIpc) is 3.05. The number of nitrogens with zero attached hydrogens (tertiary/aromatic N) is 2. The van der Waals surface area contributed by atoms with Crippen molar-refractivity contribution in [3.63, 3.8) is 0 Å². The maximum Gasteiger partial charge on any atom is 0.255 e. The van der Waals surface area contributed by atoms with E-state index in [1.807, 2.05) is 6.92 Å². The zero-order valence-electron chi connectivity index (χ0n) is 14.4. The number of rotatable bonds is 6. The van der Waals surface area contributed by atoms with Crippen molar-refractivity contribution < 1.29 is 14.3 Å². The normalized spacial score (nSPS) is 10.4. The first-order chi connectivity index (χ1) is 12.5. The van der Waals surface area contributed by atoms with Crippen molar-refractivity contribution in [2.45, 2.75) is 20.5 Å². The van der Waals surface area contributed by atoms with Crippen molar-refractivity contribution >= 4 is 29.1 Å². The first kappa shape index (κ1) is 17.8. The molecule has 2 aromatic carbocycles. The number of benzene rings is 2. The summed E-state index contributed by atoms with van der Waals surface area (Å²) in [6, 6.07) is 13.7. The summed E-state index contributed by atoms with van der Waals surface area (Å²) in [5.74, 6) is 0.313. The largest absolute Gasteiger partial charge is 0.487 e. The molecular weight excluding hydrogens is 350 g/mol. The summed E-state index contributed by atoms with van der Waals surface area (Å²) in [5.41, 5.74) is 3.33. The van der Waals surface area contributed by atoms with Gasteiger partial charge in [-0.15, -0.1) is 0 Å². The van der Waals surface area contributed by atoms with E-state index in [1.165, 1.54) is 6.92 Å². The molecule has 3 aromatic rings. The molecule has 0 fully saturated rings. The van der Waals surface area contributed by atoms with Crippen LogP contribution in [0.3, 0.4) is 0 Å². The minimum absolute atomic E-state index is 0.0155. The van der Waals surface area contributed by atoms with E-state index in [2.05, 4.69) is 14.1 Å². The molecule has 6 nitrogen and oxygen atoms in total. The zero-order valence-corrected chi connectivity index (χ0v) is 15.2. The SMILES string of the molecule is CC(=O)c1ccc(NC(=O)c2cccc(OCc3nsnc3C)c2)cc1. The van der Waals surface area contributed by atoms with Crippen molar-refractivity contribution in [3.8, 4) is 5.75 Å². The van der Waals surface area contributed by atoms with Gasteiger partial charge < -0.3 is 10.1 Å². The molecule has 0 aliphatic carbocycles. The molecule has 0 aliphatic heterocycles. The van der Waals surface area contributed by atoms with Crippen molar-refractivity contribution in [1.82, 2.24) is 8.75 Å². The quantitative estimate of drug-likeness (QED) is 0.669. The molecule has 0 unspecified atom stereocenters. The number of ether oxygens (including phenoxy) is 1. The molecule has 0 bridgehead atoms. The van der Waals surface area contributed by atoms with Crippen LogP contribution in [-0.2, 0) is 6.61 Å². The summed E-state index contributed by atoms with van der Waals surface area (Å²) >= 11 is 1.15. The smallest absolute Gasteiger partial charge is 0.255 e. The fourth-order valence-corrected chi connectivity index (χ4v) is 2.80. The minimum Gasteiger partial charge on any atom is -0.487 e. The van der Waals surface area contributed by atoms with Crippen LogP contribution in [-0.4, -0.2) is 20.4 Å². The van der Waals surface area contributed by atoms with Crippen molar-refractivity contribution in [2.75, 3.05) is 5.32 Å². The highest BCUT2D eigenvalue weighted by atomic mass is 32.1. The molecule has 0 saturated heterocycles. The first-order valence-corrected chi connectivity index (χ1v) is 8.69. The lowest BCUT2D eigenvalue weighted by Crippen LogP contribution is -2.12. The lowest BCUT2D eigenvalue weighted by atomic mass is 10.1. The second-order valence-corrected chi connectivity index (χ2v) is 6.23. The molecule has 0 atom stereocenters. The topological polar surface area (TPSA) is 81.2 Å². The van der Waals surface area contributed by atoms with Crippen LogP contribution in [0.4, 0.5) is 5.69 Å². The number of hydrogen-bond acceptors (Lipinski definition) is 6. The molecule has 1 aromatic heterocycles. The number of amides is 1. The van der Waals surface area contributed by atoms with Gasteiger partial charge in [0.25, 0.3) is 5.91 Å². The number of ketones is 1. The average molecular weight is 367 g/mol. The lowest BCUT2D eigenvalue weighted by Gasteiger charge is -2.08. The molecule has 7 heteroatoms. The predicted molar refractivity (Wildman–Crippen MR) is 99.8 cm³/mol. The molecular formula is C19H17N3O3S. The number of aryl methyl sites for hydroxylation is 1. The van der Waals surface area contributed by atoms with E-state index in [0.717, 1.165) is 23.1 Å². The number of nitrogens with one attached hydrogen (secondary N) is 1. The summed E-state index contributed by atoms with van der Waals surface area (Å²) in [4.78, 5) is 23.7. The van der Waals surface area contributed by atoms with Crippen LogP contribution in [0.25, 0.3) is 0 Å². The first-order valence-electron chi connectivity index (χ1n) is 7.96. The molecule has 26 heavy (non-hydrogen) atoms. The maximum atomic E-state index is 12.4. The molecule has 0 spiro atoms. The molecule has 1 amide bonds. The van der Waals surface area contributed by atoms with E-state index >= 15 is 0 Å². The van der Waals surface area contributed by atoms with Crippen LogP contribution < -0.4 is 10.1 Å². The lowest BCUT2D eigenvalue weighted by molar-refractivity contribution is 0.101. The number of aromatic nitrogens is 2. The third-order valence-corrected chi connectivity index (χ3v) is 4.43. The van der Waals surface area contributed by atoms with E-state index in [1.54, 1.807) is 48.5 Å². The van der Waals surface area contributed by atoms with Crippen molar-refractivity contribution in [2.24, 2.45) is 0 Å². The molecule has 1 N–H and O–H groups in total. The van der Waals surface area contributed by atoms with Crippen LogP contribution in [0.15, 0.2) is 48.5 Å². The summed E-state index contributed by atoms with van der Waals surface area (Å²) in [5, 5.41) is 2.80. The predicted octanol–water partition coefficient (Wildman–Crippen LogP) is 3.88. The summed E-state index contributed by atoms with van der Waals surface area (Å²) in [6.45, 7) is 3.69. The monoisotopic (exact) mass is 367 g/mol.